The van der Waals surface area contributed by atoms with E-state index in [0.717, 1.165) is 37.1 Å². The zero-order valence-electron chi connectivity index (χ0n) is 11.6. The number of carboxylic acid groups (broad SMARTS) is 1. The first-order valence-corrected chi connectivity index (χ1v) is 7.72. The van der Waals surface area contributed by atoms with Gasteiger partial charge in [0.2, 0.25) is 0 Å². The molecule has 0 unspecified atom stereocenters. The molecule has 20 heavy (non-hydrogen) atoms. The predicted molar refractivity (Wildman–Crippen MR) is 82.2 cm³/mol. The zero-order chi connectivity index (χ0) is 14.3. The van der Waals surface area contributed by atoms with Crippen molar-refractivity contribution < 1.29 is 9.90 Å². The molecular formula is C15H19BrN2O2. The van der Waals surface area contributed by atoms with E-state index in [1.54, 1.807) is 0 Å². The van der Waals surface area contributed by atoms with Crippen LogP contribution >= 0.6 is 15.9 Å². The number of rotatable bonds is 3. The molecule has 3 rings (SSSR count). The number of benzene rings is 1. The van der Waals surface area contributed by atoms with Gasteiger partial charge in [-0.25, -0.2) is 0 Å². The number of nitrogens with zero attached hydrogens (tertiary/aromatic N) is 2. The lowest BCUT2D eigenvalue weighted by molar-refractivity contribution is -0.141. The van der Waals surface area contributed by atoms with Crippen molar-refractivity contribution in [1.82, 2.24) is 4.90 Å². The summed E-state index contributed by atoms with van der Waals surface area (Å²) in [6.07, 6.45) is 1.16. The van der Waals surface area contributed by atoms with Gasteiger partial charge in [-0.05, 0) is 37.1 Å². The fourth-order valence-corrected chi connectivity index (χ4v) is 3.69. The van der Waals surface area contributed by atoms with E-state index in [2.05, 4.69) is 46.0 Å². The SMILES string of the molecule is Cc1cc(N2CCC3(CN(CC(=O)O)C3)C2)ccc1Br. The third-order valence-corrected chi connectivity index (χ3v) is 5.31. The maximum absolute atomic E-state index is 10.7. The van der Waals surface area contributed by atoms with Crippen LogP contribution in [0.25, 0.3) is 0 Å². The number of halogens is 1. The Bertz CT molecular complexity index is 541. The van der Waals surface area contributed by atoms with Crippen LogP contribution in [0.15, 0.2) is 22.7 Å². The molecule has 2 aliphatic rings. The Morgan fingerprint density at radius 3 is 2.80 bits per heavy atom. The molecule has 2 saturated heterocycles. The van der Waals surface area contributed by atoms with Gasteiger partial charge in [0.25, 0.3) is 0 Å². The highest BCUT2D eigenvalue weighted by Crippen LogP contribution is 2.41. The normalized spacial score (nSPS) is 21.2. The molecule has 1 aromatic rings. The minimum atomic E-state index is -0.724. The van der Waals surface area contributed by atoms with Crippen LogP contribution < -0.4 is 4.90 Å². The molecule has 0 bridgehead atoms. The summed E-state index contributed by atoms with van der Waals surface area (Å²) < 4.78 is 1.14. The van der Waals surface area contributed by atoms with Crippen molar-refractivity contribution in [1.29, 1.82) is 0 Å². The smallest absolute Gasteiger partial charge is 0.317 e. The quantitative estimate of drug-likeness (QED) is 0.918. The van der Waals surface area contributed by atoms with Gasteiger partial charge >= 0.3 is 5.97 Å². The Balaban J connectivity index is 1.63. The average molecular weight is 339 g/mol. The molecule has 0 radical (unpaired) electrons. The second kappa shape index (κ2) is 5.04. The molecule has 0 atom stereocenters. The van der Waals surface area contributed by atoms with Gasteiger partial charge in [-0.15, -0.1) is 0 Å². The zero-order valence-corrected chi connectivity index (χ0v) is 13.2. The molecule has 2 heterocycles. The van der Waals surface area contributed by atoms with Crippen LogP contribution in [-0.2, 0) is 4.79 Å². The minimum absolute atomic E-state index is 0.180. The van der Waals surface area contributed by atoms with Crippen LogP contribution in [0, 0.1) is 12.3 Å². The van der Waals surface area contributed by atoms with Crippen LogP contribution in [-0.4, -0.2) is 48.7 Å². The number of anilines is 1. The van der Waals surface area contributed by atoms with Crippen molar-refractivity contribution in [2.24, 2.45) is 5.41 Å². The molecule has 2 aliphatic heterocycles. The first-order valence-electron chi connectivity index (χ1n) is 6.93. The Hall–Kier alpha value is -1.07. The molecule has 5 heteroatoms. The van der Waals surface area contributed by atoms with E-state index in [0.29, 0.717) is 5.41 Å². The van der Waals surface area contributed by atoms with E-state index in [9.17, 15) is 4.79 Å². The number of carboxylic acids is 1. The lowest BCUT2D eigenvalue weighted by Crippen LogP contribution is -2.58. The van der Waals surface area contributed by atoms with E-state index in [4.69, 9.17) is 5.11 Å². The molecule has 1 spiro atoms. The number of aryl methyl sites for hydroxylation is 1. The third-order valence-electron chi connectivity index (χ3n) is 4.42. The number of hydrogen-bond acceptors (Lipinski definition) is 3. The van der Waals surface area contributed by atoms with Crippen molar-refractivity contribution in [3.8, 4) is 0 Å². The van der Waals surface area contributed by atoms with E-state index >= 15 is 0 Å². The molecule has 0 saturated carbocycles. The third kappa shape index (κ3) is 2.56. The summed E-state index contributed by atoms with van der Waals surface area (Å²) >= 11 is 3.54. The highest BCUT2D eigenvalue weighted by Gasteiger charge is 2.47. The van der Waals surface area contributed by atoms with Gasteiger partial charge in [0.05, 0.1) is 6.54 Å². The lowest BCUT2D eigenvalue weighted by atomic mass is 9.79. The van der Waals surface area contributed by atoms with Crippen LogP contribution in [0.4, 0.5) is 5.69 Å². The van der Waals surface area contributed by atoms with Crippen molar-refractivity contribution >= 4 is 27.6 Å². The summed E-state index contributed by atoms with van der Waals surface area (Å²) in [5.41, 5.74) is 2.85. The van der Waals surface area contributed by atoms with Crippen LogP contribution in [0.1, 0.15) is 12.0 Å². The Morgan fingerprint density at radius 1 is 1.40 bits per heavy atom. The Morgan fingerprint density at radius 2 is 2.15 bits per heavy atom. The number of hydrogen-bond donors (Lipinski definition) is 1. The van der Waals surface area contributed by atoms with Crippen LogP contribution in [0.5, 0.6) is 0 Å². The number of likely N-dealkylation sites (tertiary alicyclic amines) is 1. The molecule has 0 aliphatic carbocycles. The van der Waals surface area contributed by atoms with Crippen molar-refractivity contribution in [3.63, 3.8) is 0 Å². The molecule has 4 nitrogen and oxygen atoms in total. The van der Waals surface area contributed by atoms with Crippen molar-refractivity contribution in [2.75, 3.05) is 37.6 Å². The lowest BCUT2D eigenvalue weighted by Gasteiger charge is -2.47. The van der Waals surface area contributed by atoms with Crippen LogP contribution in [0.2, 0.25) is 0 Å². The fraction of sp³-hybridized carbons (Fsp3) is 0.533. The van der Waals surface area contributed by atoms with Gasteiger partial charge < -0.3 is 10.0 Å². The van der Waals surface area contributed by atoms with E-state index in [1.807, 2.05) is 4.90 Å². The van der Waals surface area contributed by atoms with Crippen molar-refractivity contribution in [3.05, 3.63) is 28.2 Å². The number of carbonyl (C=O) groups is 1. The van der Waals surface area contributed by atoms with E-state index in [-0.39, 0.29) is 6.54 Å². The summed E-state index contributed by atoms with van der Waals surface area (Å²) in [6, 6.07) is 6.48. The summed E-state index contributed by atoms with van der Waals surface area (Å²) in [6.45, 7) is 6.25. The first-order chi connectivity index (χ1) is 9.47. The molecule has 0 amide bonds. The Kier molecular flexibility index (Phi) is 3.50. The molecular weight excluding hydrogens is 320 g/mol. The van der Waals surface area contributed by atoms with Gasteiger partial charge in [0, 0.05) is 41.8 Å². The van der Waals surface area contributed by atoms with Crippen LogP contribution in [0.3, 0.4) is 0 Å². The fourth-order valence-electron chi connectivity index (χ4n) is 3.44. The minimum Gasteiger partial charge on any atom is -0.480 e. The highest BCUT2D eigenvalue weighted by molar-refractivity contribution is 9.10. The van der Waals surface area contributed by atoms with E-state index < -0.39 is 5.97 Å². The monoisotopic (exact) mass is 338 g/mol. The van der Waals surface area contributed by atoms with E-state index in [1.165, 1.54) is 11.3 Å². The predicted octanol–water partition coefficient (Wildman–Crippen LogP) is 2.35. The molecule has 108 valence electrons. The molecule has 0 aromatic heterocycles. The average Bonchev–Trinajstić information content (AvgIpc) is 2.76. The second-order valence-electron chi connectivity index (χ2n) is 6.14. The summed E-state index contributed by atoms with van der Waals surface area (Å²) in [5.74, 6) is -0.724. The van der Waals surface area contributed by atoms with Gasteiger partial charge in [0.1, 0.15) is 0 Å². The maximum atomic E-state index is 10.7. The first kappa shape index (κ1) is 13.9. The molecule has 1 aromatic carbocycles. The van der Waals surface area contributed by atoms with Gasteiger partial charge in [-0.2, -0.15) is 0 Å². The topological polar surface area (TPSA) is 43.8 Å². The van der Waals surface area contributed by atoms with Gasteiger partial charge in [-0.3, -0.25) is 9.69 Å². The molecule has 1 N–H and O–H groups in total. The highest BCUT2D eigenvalue weighted by atomic mass is 79.9. The largest absolute Gasteiger partial charge is 0.480 e. The summed E-state index contributed by atoms with van der Waals surface area (Å²) in [5, 5.41) is 8.81. The Labute approximate surface area is 127 Å². The summed E-state index contributed by atoms with van der Waals surface area (Å²) in [4.78, 5) is 15.2. The van der Waals surface area contributed by atoms with Crippen molar-refractivity contribution in [2.45, 2.75) is 13.3 Å². The van der Waals surface area contributed by atoms with Gasteiger partial charge in [-0.1, -0.05) is 15.9 Å². The number of aliphatic carboxylic acids is 1. The standard InChI is InChI=1S/C15H19BrN2O2/c1-11-6-12(2-3-13(11)16)18-5-4-15(10-18)8-17(9-15)7-14(19)20/h2-3,6H,4-5,7-10H2,1H3,(H,19,20). The van der Waals surface area contributed by atoms with Gasteiger partial charge in [0.15, 0.2) is 0 Å². The second-order valence-corrected chi connectivity index (χ2v) is 7.00. The molecule has 2 fully saturated rings. The summed E-state index contributed by atoms with van der Waals surface area (Å²) in [7, 11) is 0. The maximum Gasteiger partial charge on any atom is 0.317 e.